The van der Waals surface area contributed by atoms with Crippen LogP contribution in [0.15, 0.2) is 48.5 Å². The summed E-state index contributed by atoms with van der Waals surface area (Å²) in [5.41, 5.74) is 6.76. The largest absolute Gasteiger partial charge is 0.493 e. The lowest BCUT2D eigenvalue weighted by Crippen LogP contribution is -2.31. The highest BCUT2D eigenvalue weighted by atomic mass is 127. The van der Waals surface area contributed by atoms with E-state index in [2.05, 4.69) is 22.6 Å². The van der Waals surface area contributed by atoms with Crippen molar-refractivity contribution in [2.75, 3.05) is 11.5 Å². The molecule has 0 saturated carbocycles. The highest BCUT2D eigenvalue weighted by molar-refractivity contribution is 14.1. The van der Waals surface area contributed by atoms with Crippen LogP contribution in [0.4, 0.5) is 16.2 Å². The first-order valence-corrected chi connectivity index (χ1v) is 8.27. The number of ether oxygens (including phenoxy) is 1. The molecule has 7 heteroatoms. The molecule has 1 unspecified atom stereocenters. The second-order valence-corrected chi connectivity index (χ2v) is 6.44. The Balaban J connectivity index is 2.16. The molecule has 0 spiro atoms. The molecule has 0 aliphatic heterocycles. The highest BCUT2D eigenvalue weighted by Crippen LogP contribution is 2.27. The molecule has 1 atom stereocenters. The molecule has 0 radical (unpaired) electrons. The maximum atomic E-state index is 11.8. The minimum atomic E-state index is -0.912. The van der Waals surface area contributed by atoms with Crippen LogP contribution < -0.4 is 15.4 Å². The normalized spacial score (nSPS) is 11.6. The summed E-state index contributed by atoms with van der Waals surface area (Å²) in [6.45, 7) is 1.65. The van der Waals surface area contributed by atoms with E-state index in [-0.39, 0.29) is 6.61 Å². The second kappa shape index (κ2) is 8.00. The summed E-state index contributed by atoms with van der Waals surface area (Å²) < 4.78 is 6.48. The number of nitrogens with zero attached hydrogens (tertiary/aromatic N) is 1. The van der Waals surface area contributed by atoms with E-state index in [4.69, 9.17) is 15.6 Å². The van der Waals surface area contributed by atoms with Crippen LogP contribution in [0.3, 0.4) is 0 Å². The highest BCUT2D eigenvalue weighted by Gasteiger charge is 2.15. The SMILES string of the molecule is CC(COc1ccc(N(C(N)=O)c2ccc(I)cc2)cc1)C(=O)O. The number of carboxylic acid groups (broad SMARTS) is 1. The maximum absolute atomic E-state index is 11.8. The van der Waals surface area contributed by atoms with Crippen molar-refractivity contribution in [1.29, 1.82) is 0 Å². The lowest BCUT2D eigenvalue weighted by atomic mass is 10.2. The smallest absolute Gasteiger partial charge is 0.323 e. The molecule has 24 heavy (non-hydrogen) atoms. The summed E-state index contributed by atoms with van der Waals surface area (Å²) in [5, 5.41) is 8.84. The molecule has 2 amide bonds. The standard InChI is InChI=1S/C17H17IN2O4/c1-11(16(21)22)10-24-15-8-6-14(7-9-15)20(17(19)23)13-4-2-12(18)3-5-13/h2-9,11H,10H2,1H3,(H2,19,23)(H,21,22). The molecule has 2 aromatic rings. The third kappa shape index (κ3) is 4.60. The van der Waals surface area contributed by atoms with Crippen molar-refractivity contribution in [2.45, 2.75) is 6.92 Å². The van der Waals surface area contributed by atoms with Gasteiger partial charge in [-0.1, -0.05) is 0 Å². The molecule has 0 aliphatic carbocycles. The number of primary amides is 1. The lowest BCUT2D eigenvalue weighted by Gasteiger charge is -2.21. The molecule has 0 aromatic heterocycles. The molecular formula is C17H17IN2O4. The first-order chi connectivity index (χ1) is 11.4. The maximum Gasteiger partial charge on any atom is 0.323 e. The van der Waals surface area contributed by atoms with Crippen molar-refractivity contribution in [3.8, 4) is 5.75 Å². The predicted molar refractivity (Wildman–Crippen MR) is 99.6 cm³/mol. The molecule has 6 nitrogen and oxygen atoms in total. The van der Waals surface area contributed by atoms with E-state index in [1.165, 1.54) is 4.90 Å². The van der Waals surface area contributed by atoms with E-state index >= 15 is 0 Å². The zero-order valence-electron chi connectivity index (χ0n) is 13.0. The van der Waals surface area contributed by atoms with Gasteiger partial charge in [-0.2, -0.15) is 0 Å². The monoisotopic (exact) mass is 440 g/mol. The van der Waals surface area contributed by atoms with Gasteiger partial charge in [0.2, 0.25) is 0 Å². The van der Waals surface area contributed by atoms with Gasteiger partial charge >= 0.3 is 12.0 Å². The van der Waals surface area contributed by atoms with E-state index in [0.717, 1.165) is 3.57 Å². The Morgan fingerprint density at radius 1 is 1.12 bits per heavy atom. The number of anilines is 2. The van der Waals surface area contributed by atoms with Gasteiger partial charge in [0.05, 0.1) is 17.3 Å². The number of rotatable bonds is 6. The molecular weight excluding hydrogens is 423 g/mol. The van der Waals surface area contributed by atoms with Crippen molar-refractivity contribution < 1.29 is 19.4 Å². The molecule has 0 heterocycles. The van der Waals surface area contributed by atoms with Crippen LogP contribution in [0.25, 0.3) is 0 Å². The number of benzene rings is 2. The number of urea groups is 1. The Kier molecular flexibility index (Phi) is 6.02. The predicted octanol–water partition coefficient (Wildman–Crippen LogP) is 3.61. The number of halogens is 1. The molecule has 0 saturated heterocycles. The number of amides is 2. The van der Waals surface area contributed by atoms with Crippen LogP contribution in [-0.4, -0.2) is 23.7 Å². The topological polar surface area (TPSA) is 92.9 Å². The van der Waals surface area contributed by atoms with Crippen molar-refractivity contribution in [1.82, 2.24) is 0 Å². The fourth-order valence-corrected chi connectivity index (χ4v) is 2.34. The van der Waals surface area contributed by atoms with Crippen molar-refractivity contribution in [3.05, 3.63) is 52.1 Å². The van der Waals surface area contributed by atoms with Gasteiger partial charge in [-0.15, -0.1) is 0 Å². The average Bonchev–Trinajstić information content (AvgIpc) is 2.55. The Hall–Kier alpha value is -2.29. The van der Waals surface area contributed by atoms with Crippen molar-refractivity contribution in [2.24, 2.45) is 11.7 Å². The number of carbonyl (C=O) groups is 2. The van der Waals surface area contributed by atoms with Crippen molar-refractivity contribution in [3.63, 3.8) is 0 Å². The fourth-order valence-electron chi connectivity index (χ4n) is 1.98. The molecule has 0 aliphatic rings. The number of nitrogens with two attached hydrogens (primary N) is 1. The zero-order valence-corrected chi connectivity index (χ0v) is 15.1. The molecule has 3 N–H and O–H groups in total. The van der Waals surface area contributed by atoms with E-state index in [0.29, 0.717) is 17.1 Å². The van der Waals surface area contributed by atoms with Gasteiger partial charge in [-0.05, 0) is 78.0 Å². The zero-order chi connectivity index (χ0) is 17.7. The van der Waals surface area contributed by atoms with E-state index in [1.807, 2.05) is 24.3 Å². The summed E-state index contributed by atoms with van der Waals surface area (Å²) in [7, 11) is 0. The van der Waals surface area contributed by atoms with E-state index < -0.39 is 17.9 Å². The van der Waals surface area contributed by atoms with Crippen molar-refractivity contribution >= 4 is 46.0 Å². The van der Waals surface area contributed by atoms with Gasteiger partial charge in [0.1, 0.15) is 12.4 Å². The Morgan fingerprint density at radius 2 is 1.62 bits per heavy atom. The molecule has 0 fully saturated rings. The molecule has 2 aromatic carbocycles. The minimum Gasteiger partial charge on any atom is -0.493 e. The Bertz CT molecular complexity index is 716. The van der Waals surface area contributed by atoms with Gasteiger partial charge in [-0.3, -0.25) is 9.69 Å². The van der Waals surface area contributed by atoms with Crippen LogP contribution in [0.2, 0.25) is 0 Å². The fraction of sp³-hybridized carbons (Fsp3) is 0.176. The van der Waals surface area contributed by atoms with Crippen LogP contribution in [0.5, 0.6) is 5.75 Å². The molecule has 0 bridgehead atoms. The number of hydrogen-bond donors (Lipinski definition) is 2. The first-order valence-electron chi connectivity index (χ1n) is 7.19. The first kappa shape index (κ1) is 18.1. The van der Waals surface area contributed by atoms with Crippen LogP contribution in [0.1, 0.15) is 6.92 Å². The number of hydrogen-bond acceptors (Lipinski definition) is 3. The van der Waals surface area contributed by atoms with Crippen LogP contribution >= 0.6 is 22.6 Å². The van der Waals surface area contributed by atoms with Crippen LogP contribution in [-0.2, 0) is 4.79 Å². The summed E-state index contributed by atoms with van der Waals surface area (Å²) in [4.78, 5) is 24.0. The Morgan fingerprint density at radius 3 is 2.08 bits per heavy atom. The Labute approximate surface area is 153 Å². The van der Waals surface area contributed by atoms with Gasteiger partial charge in [0.25, 0.3) is 0 Å². The number of carboxylic acids is 1. The third-order valence-electron chi connectivity index (χ3n) is 3.32. The van der Waals surface area contributed by atoms with E-state index in [1.54, 1.807) is 31.2 Å². The summed E-state index contributed by atoms with van der Waals surface area (Å²) in [5.74, 6) is -0.984. The number of carbonyl (C=O) groups excluding carboxylic acids is 1. The lowest BCUT2D eigenvalue weighted by molar-refractivity contribution is -0.142. The van der Waals surface area contributed by atoms with Gasteiger partial charge < -0.3 is 15.6 Å². The second-order valence-electron chi connectivity index (χ2n) is 5.19. The average molecular weight is 440 g/mol. The van der Waals surface area contributed by atoms with Gasteiger partial charge in [-0.25, -0.2) is 4.79 Å². The third-order valence-corrected chi connectivity index (χ3v) is 4.04. The number of aliphatic carboxylic acids is 1. The molecule has 126 valence electrons. The quantitative estimate of drug-likeness (QED) is 0.672. The van der Waals surface area contributed by atoms with Gasteiger partial charge in [0.15, 0.2) is 0 Å². The summed E-state index contributed by atoms with van der Waals surface area (Å²) in [6.07, 6.45) is 0. The van der Waals surface area contributed by atoms with E-state index in [9.17, 15) is 9.59 Å². The van der Waals surface area contributed by atoms with Crippen LogP contribution in [0, 0.1) is 9.49 Å². The minimum absolute atomic E-state index is 0.0747. The summed E-state index contributed by atoms with van der Waals surface area (Å²) >= 11 is 2.18. The van der Waals surface area contributed by atoms with Gasteiger partial charge in [0, 0.05) is 3.57 Å². The molecule has 2 rings (SSSR count). The summed E-state index contributed by atoms with van der Waals surface area (Å²) in [6, 6.07) is 13.5.